The zero-order valence-electron chi connectivity index (χ0n) is 15.8. The molecule has 136 valence electrons. The van der Waals surface area contributed by atoms with E-state index in [1.165, 1.54) is 51.4 Å². The molecule has 0 unspecified atom stereocenters. The average molecular weight is 333 g/mol. The molecule has 1 amide bonds. The molecule has 3 heteroatoms. The second-order valence-electron chi connectivity index (χ2n) is 6.75. The largest absolute Gasteiger partial charge is 0.353 e. The minimum Gasteiger partial charge on any atom is -0.353 e. The molecule has 0 saturated carbocycles. The third kappa shape index (κ3) is 8.37. The van der Waals surface area contributed by atoms with Crippen molar-refractivity contribution >= 4 is 5.91 Å². The van der Waals surface area contributed by atoms with Crippen LogP contribution in [0, 0.1) is 0 Å². The number of aromatic nitrogens is 1. The van der Waals surface area contributed by atoms with Crippen LogP contribution in [-0.2, 0) is 18.4 Å². The summed E-state index contributed by atoms with van der Waals surface area (Å²) in [5, 5.41) is 0. The molecule has 0 spiro atoms. The minimum atomic E-state index is 0.249. The number of hydrogen-bond acceptors (Lipinski definition) is 1. The highest BCUT2D eigenvalue weighted by Crippen LogP contribution is 2.12. The first kappa shape index (κ1) is 20.5. The van der Waals surface area contributed by atoms with Crippen LogP contribution in [0.5, 0.6) is 0 Å². The molecule has 0 saturated heterocycles. The topological polar surface area (TPSA) is 25.2 Å². The number of nitrogens with zero attached hydrogens (tertiary/aromatic N) is 2. The van der Waals surface area contributed by atoms with E-state index in [9.17, 15) is 4.79 Å². The number of rotatable bonds is 14. The molecule has 0 aliphatic carbocycles. The van der Waals surface area contributed by atoms with Gasteiger partial charge in [-0.25, -0.2) is 0 Å². The monoisotopic (exact) mass is 332 g/mol. The standard InChI is InChI=1S/C21H36N2O/c1-4-6-7-8-9-10-11-12-13-16-21(24)23(17-5-2)19-20-15-14-18-22(20)3/h5,14-15,18H,2,4,6-13,16-17,19H2,1,3H3. The summed E-state index contributed by atoms with van der Waals surface area (Å²) in [5.74, 6) is 0.249. The van der Waals surface area contributed by atoms with E-state index >= 15 is 0 Å². The highest BCUT2D eigenvalue weighted by molar-refractivity contribution is 5.76. The second kappa shape index (κ2) is 12.9. The summed E-state index contributed by atoms with van der Waals surface area (Å²) in [5.41, 5.74) is 1.16. The van der Waals surface area contributed by atoms with Gasteiger partial charge in [0.05, 0.1) is 6.54 Å². The fourth-order valence-corrected chi connectivity index (χ4v) is 3.01. The predicted molar refractivity (Wildman–Crippen MR) is 103 cm³/mol. The van der Waals surface area contributed by atoms with E-state index in [-0.39, 0.29) is 5.91 Å². The van der Waals surface area contributed by atoms with Gasteiger partial charge in [0.25, 0.3) is 0 Å². The van der Waals surface area contributed by atoms with Crippen molar-refractivity contribution in [3.63, 3.8) is 0 Å². The van der Waals surface area contributed by atoms with E-state index in [0.29, 0.717) is 19.5 Å². The molecule has 0 bridgehead atoms. The number of hydrogen-bond donors (Lipinski definition) is 0. The van der Waals surface area contributed by atoms with Gasteiger partial charge >= 0.3 is 0 Å². The Bertz CT molecular complexity index is 464. The zero-order valence-corrected chi connectivity index (χ0v) is 15.8. The maximum absolute atomic E-state index is 12.4. The Morgan fingerprint density at radius 2 is 1.75 bits per heavy atom. The molecule has 0 aliphatic heterocycles. The van der Waals surface area contributed by atoms with E-state index < -0.39 is 0 Å². The lowest BCUT2D eigenvalue weighted by Gasteiger charge is -2.21. The van der Waals surface area contributed by atoms with Crippen LogP contribution in [-0.4, -0.2) is 21.9 Å². The maximum atomic E-state index is 12.4. The maximum Gasteiger partial charge on any atom is 0.223 e. The third-order valence-electron chi connectivity index (χ3n) is 4.60. The fraction of sp³-hybridized carbons (Fsp3) is 0.667. The number of amides is 1. The van der Waals surface area contributed by atoms with Crippen LogP contribution >= 0.6 is 0 Å². The molecule has 0 radical (unpaired) electrons. The number of carbonyl (C=O) groups is 1. The Morgan fingerprint density at radius 1 is 1.12 bits per heavy atom. The molecule has 1 rings (SSSR count). The van der Waals surface area contributed by atoms with Gasteiger partial charge in [0.1, 0.15) is 0 Å². The van der Waals surface area contributed by atoms with Crippen LogP contribution in [0.25, 0.3) is 0 Å². The van der Waals surface area contributed by atoms with Gasteiger partial charge in [-0.2, -0.15) is 0 Å². The Hall–Kier alpha value is -1.51. The second-order valence-corrected chi connectivity index (χ2v) is 6.75. The van der Waals surface area contributed by atoms with Crippen molar-refractivity contribution in [1.82, 2.24) is 9.47 Å². The SMILES string of the molecule is C=CCN(Cc1cccn1C)C(=O)CCCCCCCCCCC. The van der Waals surface area contributed by atoms with Gasteiger partial charge in [-0.05, 0) is 18.6 Å². The van der Waals surface area contributed by atoms with Crippen molar-refractivity contribution in [3.05, 3.63) is 36.7 Å². The van der Waals surface area contributed by atoms with Crippen molar-refractivity contribution in [2.45, 2.75) is 77.7 Å². The summed E-state index contributed by atoms with van der Waals surface area (Å²) in [4.78, 5) is 14.4. The van der Waals surface area contributed by atoms with E-state index in [1.807, 2.05) is 30.3 Å². The van der Waals surface area contributed by atoms with Crippen LogP contribution in [0.4, 0.5) is 0 Å². The molecule has 1 heterocycles. The van der Waals surface area contributed by atoms with Crippen molar-refractivity contribution in [1.29, 1.82) is 0 Å². The number of unbranched alkanes of at least 4 members (excludes halogenated alkanes) is 8. The van der Waals surface area contributed by atoms with Crippen molar-refractivity contribution in [2.75, 3.05) is 6.54 Å². The van der Waals surface area contributed by atoms with Crippen molar-refractivity contribution in [2.24, 2.45) is 7.05 Å². The molecular weight excluding hydrogens is 296 g/mol. The van der Waals surface area contributed by atoms with E-state index in [0.717, 1.165) is 12.1 Å². The summed E-state index contributed by atoms with van der Waals surface area (Å²) < 4.78 is 2.07. The predicted octanol–water partition coefficient (Wildman–Crippen LogP) is 5.46. The summed E-state index contributed by atoms with van der Waals surface area (Å²) in [6, 6.07) is 4.09. The quantitative estimate of drug-likeness (QED) is 0.328. The zero-order chi connectivity index (χ0) is 17.6. The third-order valence-corrected chi connectivity index (χ3v) is 4.60. The van der Waals surface area contributed by atoms with Gasteiger partial charge in [0, 0.05) is 31.9 Å². The van der Waals surface area contributed by atoms with Gasteiger partial charge in [0.15, 0.2) is 0 Å². The Kier molecular flexibility index (Phi) is 11.0. The molecule has 1 aromatic heterocycles. The van der Waals surface area contributed by atoms with Gasteiger partial charge < -0.3 is 9.47 Å². The highest BCUT2D eigenvalue weighted by atomic mass is 16.2. The van der Waals surface area contributed by atoms with Gasteiger partial charge in [-0.15, -0.1) is 6.58 Å². The van der Waals surface area contributed by atoms with Gasteiger partial charge in [-0.1, -0.05) is 64.4 Å². The first-order valence-corrected chi connectivity index (χ1v) is 9.68. The van der Waals surface area contributed by atoms with Crippen molar-refractivity contribution in [3.8, 4) is 0 Å². The lowest BCUT2D eigenvalue weighted by Crippen LogP contribution is -2.31. The summed E-state index contributed by atoms with van der Waals surface area (Å²) >= 11 is 0. The summed E-state index contributed by atoms with van der Waals surface area (Å²) in [6.07, 6.45) is 16.0. The molecular formula is C21H36N2O. The lowest BCUT2D eigenvalue weighted by atomic mass is 10.1. The highest BCUT2D eigenvalue weighted by Gasteiger charge is 2.13. The van der Waals surface area contributed by atoms with Crippen LogP contribution in [0.15, 0.2) is 31.0 Å². The molecule has 0 aromatic carbocycles. The van der Waals surface area contributed by atoms with Crippen LogP contribution < -0.4 is 0 Å². The van der Waals surface area contributed by atoms with Crippen LogP contribution in [0.3, 0.4) is 0 Å². The summed E-state index contributed by atoms with van der Waals surface area (Å²) in [6.45, 7) is 7.34. The van der Waals surface area contributed by atoms with Crippen LogP contribution in [0.1, 0.15) is 76.8 Å². The Balaban J connectivity index is 2.19. The lowest BCUT2D eigenvalue weighted by molar-refractivity contribution is -0.131. The van der Waals surface area contributed by atoms with E-state index in [2.05, 4.69) is 24.1 Å². The molecule has 3 nitrogen and oxygen atoms in total. The van der Waals surface area contributed by atoms with E-state index in [1.54, 1.807) is 0 Å². The van der Waals surface area contributed by atoms with E-state index in [4.69, 9.17) is 0 Å². The molecule has 0 fully saturated rings. The Morgan fingerprint density at radius 3 is 2.29 bits per heavy atom. The molecule has 0 aliphatic rings. The van der Waals surface area contributed by atoms with Crippen molar-refractivity contribution < 1.29 is 4.79 Å². The Labute approximate surface area is 148 Å². The molecule has 0 N–H and O–H groups in total. The number of aryl methyl sites for hydroxylation is 1. The first-order valence-electron chi connectivity index (χ1n) is 9.68. The normalized spacial score (nSPS) is 10.8. The first-order chi connectivity index (χ1) is 11.7. The average Bonchev–Trinajstić information content (AvgIpc) is 2.97. The number of carbonyl (C=O) groups excluding carboxylic acids is 1. The fourth-order valence-electron chi connectivity index (χ4n) is 3.01. The summed E-state index contributed by atoms with van der Waals surface area (Å²) in [7, 11) is 2.02. The molecule has 0 atom stereocenters. The molecule has 24 heavy (non-hydrogen) atoms. The minimum absolute atomic E-state index is 0.249. The van der Waals surface area contributed by atoms with Gasteiger partial charge in [-0.3, -0.25) is 4.79 Å². The molecule has 1 aromatic rings. The smallest absolute Gasteiger partial charge is 0.223 e. The van der Waals surface area contributed by atoms with Gasteiger partial charge in [0.2, 0.25) is 5.91 Å². The van der Waals surface area contributed by atoms with Crippen LogP contribution in [0.2, 0.25) is 0 Å².